The maximum absolute atomic E-state index is 12.0. The first-order valence-electron chi connectivity index (χ1n) is 12.0. The topological polar surface area (TPSA) is 103 Å². The number of anilines is 1. The predicted molar refractivity (Wildman–Crippen MR) is 139 cm³/mol. The number of rotatable bonds is 8. The Bertz CT molecular complexity index is 1410. The summed E-state index contributed by atoms with van der Waals surface area (Å²) in [7, 11) is 3.23. The summed E-state index contributed by atoms with van der Waals surface area (Å²) < 4.78 is 13.0. The van der Waals surface area contributed by atoms with Crippen LogP contribution in [0.4, 0.5) is 5.82 Å². The molecule has 0 aliphatic carbocycles. The van der Waals surface area contributed by atoms with Crippen molar-refractivity contribution in [1.29, 1.82) is 0 Å². The van der Waals surface area contributed by atoms with E-state index in [0.29, 0.717) is 37.1 Å². The Morgan fingerprint density at radius 3 is 2.78 bits per heavy atom. The average molecular weight is 487 g/mol. The zero-order valence-corrected chi connectivity index (χ0v) is 20.9. The van der Waals surface area contributed by atoms with E-state index in [1.54, 1.807) is 26.6 Å². The monoisotopic (exact) mass is 486 g/mol. The van der Waals surface area contributed by atoms with Gasteiger partial charge in [-0.3, -0.25) is 9.48 Å². The van der Waals surface area contributed by atoms with Gasteiger partial charge in [-0.2, -0.15) is 5.10 Å². The first-order valence-corrected chi connectivity index (χ1v) is 12.0. The Balaban J connectivity index is 1.33. The van der Waals surface area contributed by atoms with E-state index in [1.165, 1.54) is 0 Å². The second kappa shape index (κ2) is 9.94. The second-order valence-corrected chi connectivity index (χ2v) is 9.11. The minimum atomic E-state index is -0.142. The van der Waals surface area contributed by atoms with Crippen LogP contribution in [-0.2, 0) is 4.74 Å². The number of carbonyl (C=O) groups excluding carboxylic acids is 1. The number of nitrogens with zero attached hydrogens (tertiary/aromatic N) is 4. The molecule has 2 aromatic heterocycles. The highest BCUT2D eigenvalue weighted by atomic mass is 16.5. The van der Waals surface area contributed by atoms with Gasteiger partial charge in [0, 0.05) is 42.1 Å². The molecule has 4 aromatic rings. The van der Waals surface area contributed by atoms with Gasteiger partial charge in [0.25, 0.3) is 5.91 Å². The molecule has 1 saturated heterocycles. The number of benzene rings is 2. The van der Waals surface area contributed by atoms with E-state index in [1.807, 2.05) is 24.4 Å². The molecule has 186 valence electrons. The van der Waals surface area contributed by atoms with Gasteiger partial charge in [0.1, 0.15) is 17.9 Å². The van der Waals surface area contributed by atoms with Crippen LogP contribution in [0.2, 0.25) is 0 Å². The third-order valence-corrected chi connectivity index (χ3v) is 6.69. The number of hydrogen-bond acceptors (Lipinski definition) is 7. The van der Waals surface area contributed by atoms with Gasteiger partial charge in [-0.05, 0) is 42.3 Å². The van der Waals surface area contributed by atoms with Crippen LogP contribution in [0.5, 0.6) is 5.75 Å². The fraction of sp³-hybridized carbons (Fsp3) is 0.333. The summed E-state index contributed by atoms with van der Waals surface area (Å²) in [4.78, 5) is 20.9. The first kappa shape index (κ1) is 23.7. The van der Waals surface area contributed by atoms with Gasteiger partial charge in [-0.25, -0.2) is 9.97 Å². The summed E-state index contributed by atoms with van der Waals surface area (Å²) in [5.41, 5.74) is 5.73. The fourth-order valence-corrected chi connectivity index (χ4v) is 4.50. The predicted octanol–water partition coefficient (Wildman–Crippen LogP) is 3.96. The average Bonchev–Trinajstić information content (AvgIpc) is 3.27. The molecule has 3 heterocycles. The first-order chi connectivity index (χ1) is 17.5. The number of methoxy groups -OCH3 is 1. The molecular weight excluding hydrogens is 456 g/mol. The lowest BCUT2D eigenvalue weighted by Gasteiger charge is -2.26. The van der Waals surface area contributed by atoms with Crippen LogP contribution in [0, 0.1) is 6.92 Å². The molecule has 0 radical (unpaired) electrons. The molecule has 9 heteroatoms. The Hall–Kier alpha value is -3.98. The van der Waals surface area contributed by atoms with Crippen molar-refractivity contribution in [1.82, 2.24) is 25.1 Å². The number of amides is 1. The van der Waals surface area contributed by atoms with Crippen LogP contribution in [0.3, 0.4) is 0 Å². The molecule has 0 spiro atoms. The van der Waals surface area contributed by atoms with E-state index < -0.39 is 0 Å². The molecule has 1 fully saturated rings. The third-order valence-electron chi connectivity index (χ3n) is 6.69. The minimum Gasteiger partial charge on any atom is -0.496 e. The summed E-state index contributed by atoms with van der Waals surface area (Å²) in [5.74, 6) is 1.41. The summed E-state index contributed by atoms with van der Waals surface area (Å²) in [5, 5.41) is 11.7. The van der Waals surface area contributed by atoms with E-state index in [4.69, 9.17) is 9.47 Å². The fourth-order valence-electron chi connectivity index (χ4n) is 4.50. The maximum atomic E-state index is 12.0. The molecular formula is C27H30N6O3. The van der Waals surface area contributed by atoms with Crippen LogP contribution in [0.1, 0.15) is 40.4 Å². The zero-order chi connectivity index (χ0) is 25.2. The van der Waals surface area contributed by atoms with Crippen LogP contribution < -0.4 is 15.4 Å². The molecule has 0 saturated carbocycles. The smallest absolute Gasteiger partial charge is 0.251 e. The van der Waals surface area contributed by atoms with Gasteiger partial charge in [-0.1, -0.05) is 13.0 Å². The van der Waals surface area contributed by atoms with Crippen LogP contribution in [0.25, 0.3) is 22.2 Å². The quantitative estimate of drug-likeness (QED) is 0.389. The Morgan fingerprint density at radius 2 is 2.06 bits per heavy atom. The summed E-state index contributed by atoms with van der Waals surface area (Å²) >= 11 is 0. The number of carbonyl (C=O) groups is 1. The molecule has 1 aliphatic rings. The zero-order valence-electron chi connectivity index (χ0n) is 20.9. The van der Waals surface area contributed by atoms with Crippen LogP contribution >= 0.6 is 0 Å². The SMILES string of the molecule is CNC(=O)c1ccc(C(C)CNc2cc(-c3cc4cnn(C5COC5)c4cc3C)ncn2)c(OC)c1. The number of aryl methyl sites for hydroxylation is 1. The highest BCUT2D eigenvalue weighted by molar-refractivity contribution is 5.94. The van der Waals surface area contributed by atoms with Gasteiger partial charge in [0.2, 0.25) is 0 Å². The lowest BCUT2D eigenvalue weighted by Crippen LogP contribution is -2.31. The van der Waals surface area contributed by atoms with Crippen molar-refractivity contribution < 1.29 is 14.3 Å². The summed E-state index contributed by atoms with van der Waals surface area (Å²) in [6, 6.07) is 12.1. The number of hydrogen-bond donors (Lipinski definition) is 2. The van der Waals surface area contributed by atoms with Gasteiger partial charge in [0.05, 0.1) is 43.8 Å². The molecule has 9 nitrogen and oxygen atoms in total. The number of aromatic nitrogens is 4. The van der Waals surface area contributed by atoms with Crippen molar-refractivity contribution in [2.75, 3.05) is 39.2 Å². The largest absolute Gasteiger partial charge is 0.496 e. The van der Waals surface area contributed by atoms with Gasteiger partial charge >= 0.3 is 0 Å². The molecule has 0 bridgehead atoms. The standard InChI is InChI=1S/C27H30N6O3/c1-16-7-24-19(12-32-33(24)20-13-36-14-20)8-22(16)23-10-26(31-15-30-23)29-11-17(2)21-6-5-18(27(34)28-3)9-25(21)35-4/h5-10,12,15,17,20H,11,13-14H2,1-4H3,(H,28,34)(H,29,30,31). The molecule has 36 heavy (non-hydrogen) atoms. The Labute approximate surface area is 209 Å². The lowest BCUT2D eigenvalue weighted by molar-refractivity contribution is -0.0266. The molecule has 1 unspecified atom stereocenters. The van der Waals surface area contributed by atoms with E-state index in [9.17, 15) is 4.79 Å². The van der Waals surface area contributed by atoms with Gasteiger partial charge < -0.3 is 20.1 Å². The molecule has 1 aliphatic heterocycles. The lowest BCUT2D eigenvalue weighted by atomic mass is 9.98. The third kappa shape index (κ3) is 4.49. The van der Waals surface area contributed by atoms with Crippen molar-refractivity contribution in [3.05, 3.63) is 65.6 Å². The molecule has 2 N–H and O–H groups in total. The van der Waals surface area contributed by atoms with Crippen molar-refractivity contribution >= 4 is 22.6 Å². The number of fused-ring (bicyclic) bond motifs is 1. The number of ether oxygens (including phenoxy) is 2. The van der Waals surface area contributed by atoms with Crippen molar-refractivity contribution in [3.63, 3.8) is 0 Å². The number of nitrogens with one attached hydrogen (secondary N) is 2. The normalized spacial score (nSPS) is 14.3. The van der Waals surface area contributed by atoms with Crippen LogP contribution in [0.15, 0.2) is 48.9 Å². The van der Waals surface area contributed by atoms with Crippen molar-refractivity contribution in [2.45, 2.75) is 25.8 Å². The van der Waals surface area contributed by atoms with Gasteiger partial charge in [0.15, 0.2) is 0 Å². The second-order valence-electron chi connectivity index (χ2n) is 9.11. The summed E-state index contributed by atoms with van der Waals surface area (Å²) in [6.07, 6.45) is 3.49. The molecule has 1 atom stereocenters. The van der Waals surface area contributed by atoms with E-state index in [2.05, 4.69) is 56.4 Å². The Kier molecular flexibility index (Phi) is 6.56. The summed E-state index contributed by atoms with van der Waals surface area (Å²) in [6.45, 7) is 6.26. The van der Waals surface area contributed by atoms with Crippen LogP contribution in [-0.4, -0.2) is 59.6 Å². The van der Waals surface area contributed by atoms with E-state index in [-0.39, 0.29) is 11.8 Å². The van der Waals surface area contributed by atoms with E-state index >= 15 is 0 Å². The molecule has 2 aromatic carbocycles. The highest BCUT2D eigenvalue weighted by Gasteiger charge is 2.23. The van der Waals surface area contributed by atoms with Crippen molar-refractivity contribution in [2.24, 2.45) is 0 Å². The highest BCUT2D eigenvalue weighted by Crippen LogP contribution is 2.31. The Morgan fingerprint density at radius 1 is 1.22 bits per heavy atom. The molecule has 5 rings (SSSR count). The maximum Gasteiger partial charge on any atom is 0.251 e. The van der Waals surface area contributed by atoms with Crippen molar-refractivity contribution in [3.8, 4) is 17.0 Å². The minimum absolute atomic E-state index is 0.122. The van der Waals surface area contributed by atoms with E-state index in [0.717, 1.165) is 39.1 Å². The molecule has 1 amide bonds. The van der Waals surface area contributed by atoms with Gasteiger partial charge in [-0.15, -0.1) is 0 Å².